The first-order valence-corrected chi connectivity index (χ1v) is 10.7. The number of fused-ring (bicyclic) bond motifs is 1. The fourth-order valence-electron chi connectivity index (χ4n) is 3.28. The number of rotatable bonds is 7. The minimum atomic E-state index is -0.716. The van der Waals surface area contributed by atoms with E-state index in [4.69, 9.17) is 5.73 Å². The number of nitrogen functional groups attached to an aromatic ring is 1. The second-order valence-electron chi connectivity index (χ2n) is 7.57. The van der Waals surface area contributed by atoms with Crippen molar-refractivity contribution >= 4 is 38.8 Å². The third kappa shape index (κ3) is 4.16. The molecule has 0 saturated heterocycles. The van der Waals surface area contributed by atoms with Gasteiger partial charge in [0.15, 0.2) is 5.69 Å². The number of anilines is 2. The lowest BCUT2D eigenvalue weighted by atomic mass is 10.2. The van der Waals surface area contributed by atoms with E-state index in [1.54, 1.807) is 12.1 Å². The molecule has 0 aliphatic rings. The van der Waals surface area contributed by atoms with Gasteiger partial charge in [-0.15, -0.1) is 11.3 Å². The monoisotopic (exact) mass is 432 g/mol. The van der Waals surface area contributed by atoms with E-state index in [0.29, 0.717) is 27.9 Å². The normalized spacial score (nSPS) is 11.4. The van der Waals surface area contributed by atoms with Gasteiger partial charge in [-0.1, -0.05) is 33.3 Å². The summed E-state index contributed by atoms with van der Waals surface area (Å²) in [5, 5.41) is 0.352. The summed E-state index contributed by atoms with van der Waals surface area (Å²) in [6.45, 7) is 6.34. The summed E-state index contributed by atoms with van der Waals surface area (Å²) in [5.41, 5.74) is 4.84. The Hall–Kier alpha value is -2.94. The first-order valence-electron chi connectivity index (χ1n) is 9.87. The van der Waals surface area contributed by atoms with Gasteiger partial charge >= 0.3 is 5.69 Å². The highest BCUT2D eigenvalue weighted by Gasteiger charge is 2.27. The van der Waals surface area contributed by atoms with Crippen LogP contribution >= 0.6 is 11.3 Å². The zero-order valence-corrected chi connectivity index (χ0v) is 18.0. The Kier molecular flexibility index (Phi) is 6.40. The van der Waals surface area contributed by atoms with Crippen molar-refractivity contribution in [3.05, 3.63) is 55.8 Å². The Morgan fingerprint density at radius 2 is 2.07 bits per heavy atom. The number of hydrogen-bond acceptors (Lipinski definition) is 5. The lowest BCUT2D eigenvalue weighted by molar-refractivity contribution is 0.0987. The van der Waals surface area contributed by atoms with Gasteiger partial charge in [-0.3, -0.25) is 24.0 Å². The lowest BCUT2D eigenvalue weighted by Gasteiger charge is -2.25. The van der Waals surface area contributed by atoms with Crippen molar-refractivity contribution in [1.29, 1.82) is 0 Å². The van der Waals surface area contributed by atoms with Gasteiger partial charge in [0.25, 0.3) is 11.5 Å². The van der Waals surface area contributed by atoms with Crippen molar-refractivity contribution in [2.24, 2.45) is 5.92 Å². The maximum Gasteiger partial charge on any atom is 0.330 e. The van der Waals surface area contributed by atoms with Crippen LogP contribution in [-0.2, 0) is 6.54 Å². The molecule has 2 heterocycles. The number of nitrogens with two attached hydrogens (primary N) is 1. The number of aromatic amines is 1. The number of unbranched alkanes of at least 4 members (excludes halogenated alkanes) is 1. The molecule has 0 aliphatic heterocycles. The van der Waals surface area contributed by atoms with Gasteiger partial charge in [-0.25, -0.2) is 9.18 Å². The fraction of sp³-hybridized carbons (Fsp3) is 0.381. The Bertz CT molecular complexity index is 1200. The second kappa shape index (κ2) is 8.83. The summed E-state index contributed by atoms with van der Waals surface area (Å²) in [7, 11) is 0. The number of amides is 1. The summed E-state index contributed by atoms with van der Waals surface area (Å²) in [6.07, 6.45) is 1.53. The summed E-state index contributed by atoms with van der Waals surface area (Å²) < 4.78 is 16.0. The number of benzene rings is 1. The molecule has 0 radical (unpaired) electrons. The van der Waals surface area contributed by atoms with Gasteiger partial charge in [0.2, 0.25) is 0 Å². The molecule has 3 N–H and O–H groups in total. The zero-order valence-electron chi connectivity index (χ0n) is 17.2. The molecule has 160 valence electrons. The molecule has 0 bridgehead atoms. The summed E-state index contributed by atoms with van der Waals surface area (Å²) in [5.74, 6) is -0.890. The molecular weight excluding hydrogens is 407 g/mol. The van der Waals surface area contributed by atoms with E-state index in [9.17, 15) is 18.8 Å². The minimum Gasteiger partial charge on any atom is -0.383 e. The number of aromatic nitrogens is 2. The molecule has 0 unspecified atom stereocenters. The molecule has 0 saturated carbocycles. The quantitative estimate of drug-likeness (QED) is 0.596. The standard InChI is InChI=1S/C21H25FN4O3S/c1-4-5-9-25-18(23)17(19(27)24-21(25)29)26(11-12(2)3)20(28)16-10-13-14(22)7-6-8-15(13)30-16/h6-8,10,12H,4-5,9,11,23H2,1-3H3,(H,24,27,29). The Morgan fingerprint density at radius 3 is 2.70 bits per heavy atom. The van der Waals surface area contributed by atoms with Gasteiger partial charge in [0.05, 0.1) is 4.88 Å². The number of hydrogen-bond donors (Lipinski definition) is 2. The van der Waals surface area contributed by atoms with E-state index in [2.05, 4.69) is 4.98 Å². The average Bonchev–Trinajstić information content (AvgIpc) is 3.12. The molecule has 0 atom stereocenters. The van der Waals surface area contributed by atoms with Crippen molar-refractivity contribution in [2.75, 3.05) is 17.2 Å². The van der Waals surface area contributed by atoms with E-state index in [0.717, 1.165) is 17.8 Å². The van der Waals surface area contributed by atoms with Crippen LogP contribution in [0.15, 0.2) is 33.9 Å². The molecule has 9 heteroatoms. The molecule has 0 spiro atoms. The summed E-state index contributed by atoms with van der Waals surface area (Å²) in [6, 6.07) is 6.14. The maximum atomic E-state index is 14.1. The van der Waals surface area contributed by atoms with Crippen LogP contribution in [0.25, 0.3) is 10.1 Å². The van der Waals surface area contributed by atoms with Crippen LogP contribution in [0.5, 0.6) is 0 Å². The van der Waals surface area contributed by atoms with Crippen LogP contribution < -0.4 is 21.9 Å². The van der Waals surface area contributed by atoms with Crippen LogP contribution in [-0.4, -0.2) is 22.0 Å². The smallest absolute Gasteiger partial charge is 0.330 e. The van der Waals surface area contributed by atoms with Crippen LogP contribution in [0.3, 0.4) is 0 Å². The van der Waals surface area contributed by atoms with E-state index >= 15 is 0 Å². The predicted molar refractivity (Wildman–Crippen MR) is 119 cm³/mol. The highest BCUT2D eigenvalue weighted by Crippen LogP contribution is 2.30. The minimum absolute atomic E-state index is 0.0230. The van der Waals surface area contributed by atoms with E-state index in [1.165, 1.54) is 21.6 Å². The third-order valence-electron chi connectivity index (χ3n) is 4.73. The van der Waals surface area contributed by atoms with E-state index < -0.39 is 23.0 Å². The van der Waals surface area contributed by atoms with Crippen molar-refractivity contribution < 1.29 is 9.18 Å². The van der Waals surface area contributed by atoms with Crippen LogP contribution in [0.4, 0.5) is 15.9 Å². The Morgan fingerprint density at radius 1 is 1.33 bits per heavy atom. The summed E-state index contributed by atoms with van der Waals surface area (Å²) in [4.78, 5) is 42.2. The molecule has 1 amide bonds. The van der Waals surface area contributed by atoms with Crippen LogP contribution in [0.2, 0.25) is 0 Å². The molecule has 1 aromatic carbocycles. The van der Waals surface area contributed by atoms with Gasteiger partial charge < -0.3 is 5.73 Å². The van der Waals surface area contributed by atoms with Crippen molar-refractivity contribution in [1.82, 2.24) is 9.55 Å². The maximum absolute atomic E-state index is 14.1. The highest BCUT2D eigenvalue weighted by molar-refractivity contribution is 7.20. The number of nitrogens with zero attached hydrogens (tertiary/aromatic N) is 2. The lowest BCUT2D eigenvalue weighted by Crippen LogP contribution is -2.42. The SMILES string of the molecule is CCCCn1c(N)c(N(CC(C)C)C(=O)c2cc3c(F)cccc3s2)c(=O)[nH]c1=O. The van der Waals surface area contributed by atoms with Crippen LogP contribution in [0, 0.1) is 11.7 Å². The van der Waals surface area contributed by atoms with E-state index in [1.807, 2.05) is 20.8 Å². The van der Waals surface area contributed by atoms with Crippen molar-refractivity contribution in [3.63, 3.8) is 0 Å². The molecule has 0 fully saturated rings. The van der Waals surface area contributed by atoms with Crippen LogP contribution in [0.1, 0.15) is 43.3 Å². The largest absolute Gasteiger partial charge is 0.383 e. The number of carbonyl (C=O) groups excluding carboxylic acids is 1. The molecule has 7 nitrogen and oxygen atoms in total. The Balaban J connectivity index is 2.14. The Labute approximate surface area is 176 Å². The number of halogens is 1. The molecular formula is C21H25FN4O3S. The molecule has 0 aliphatic carbocycles. The van der Waals surface area contributed by atoms with Gasteiger partial charge in [0, 0.05) is 23.2 Å². The average molecular weight is 433 g/mol. The number of nitrogens with one attached hydrogen (secondary N) is 1. The van der Waals surface area contributed by atoms with Gasteiger partial charge in [0.1, 0.15) is 11.6 Å². The number of carbonyl (C=O) groups is 1. The fourth-order valence-corrected chi connectivity index (χ4v) is 4.31. The first kappa shape index (κ1) is 21.8. The predicted octanol–water partition coefficient (Wildman–Crippen LogP) is 3.58. The highest BCUT2D eigenvalue weighted by atomic mass is 32.1. The molecule has 30 heavy (non-hydrogen) atoms. The first-order chi connectivity index (χ1) is 14.2. The molecule has 2 aromatic heterocycles. The zero-order chi connectivity index (χ0) is 22.0. The van der Waals surface area contributed by atoms with Gasteiger partial charge in [-0.05, 0) is 30.5 Å². The van der Waals surface area contributed by atoms with E-state index in [-0.39, 0.29) is 24.0 Å². The number of H-pyrrole nitrogens is 1. The second-order valence-corrected chi connectivity index (χ2v) is 8.65. The summed E-state index contributed by atoms with van der Waals surface area (Å²) >= 11 is 1.15. The van der Waals surface area contributed by atoms with Gasteiger partial charge in [-0.2, -0.15) is 0 Å². The molecule has 3 aromatic rings. The topological polar surface area (TPSA) is 101 Å². The molecule has 3 rings (SSSR count). The van der Waals surface area contributed by atoms with Crippen molar-refractivity contribution in [3.8, 4) is 0 Å². The van der Waals surface area contributed by atoms with Crippen molar-refractivity contribution in [2.45, 2.75) is 40.2 Å². The third-order valence-corrected chi connectivity index (χ3v) is 5.82. The number of thiophene rings is 1.